The summed E-state index contributed by atoms with van der Waals surface area (Å²) >= 11 is 1.85. The summed E-state index contributed by atoms with van der Waals surface area (Å²) in [5.41, 5.74) is 12.0. The van der Waals surface area contributed by atoms with E-state index in [-0.39, 0.29) is 0 Å². The third kappa shape index (κ3) is 5.40. The van der Waals surface area contributed by atoms with Crippen molar-refractivity contribution in [1.82, 2.24) is 0 Å². The van der Waals surface area contributed by atoms with Crippen LogP contribution in [0.5, 0.6) is 0 Å². The zero-order valence-electron chi connectivity index (χ0n) is 29.8. The maximum Gasteiger partial charge on any atom is 0.143 e. The molecule has 0 atom stereocenters. The number of furan rings is 1. The number of rotatable bonds is 6. The molecule has 3 heteroatoms. The fraction of sp³-hybridized carbons (Fsp3) is 0. The highest BCUT2D eigenvalue weighted by molar-refractivity contribution is 7.25. The summed E-state index contributed by atoms with van der Waals surface area (Å²) in [6.07, 6.45) is 0. The first-order valence-electron chi connectivity index (χ1n) is 18.7. The second-order valence-corrected chi connectivity index (χ2v) is 15.2. The molecule has 0 aliphatic carbocycles. The monoisotopic (exact) mass is 719 g/mol. The lowest BCUT2D eigenvalue weighted by Crippen LogP contribution is -2.10. The van der Waals surface area contributed by atoms with Crippen LogP contribution in [0.4, 0.5) is 17.1 Å². The van der Waals surface area contributed by atoms with Gasteiger partial charge in [-0.3, -0.25) is 0 Å². The number of nitrogens with zero attached hydrogens (tertiary/aromatic N) is 1. The predicted molar refractivity (Wildman–Crippen MR) is 235 cm³/mol. The minimum Gasteiger partial charge on any atom is -0.455 e. The third-order valence-corrected chi connectivity index (χ3v) is 12.0. The van der Waals surface area contributed by atoms with Gasteiger partial charge in [-0.05, 0) is 99.3 Å². The van der Waals surface area contributed by atoms with Crippen LogP contribution in [-0.2, 0) is 0 Å². The lowest BCUT2D eigenvalue weighted by Gasteiger charge is -2.27. The van der Waals surface area contributed by atoms with Gasteiger partial charge in [-0.1, -0.05) is 140 Å². The summed E-state index contributed by atoms with van der Waals surface area (Å²) < 4.78 is 9.35. The van der Waals surface area contributed by atoms with Crippen molar-refractivity contribution in [3.05, 3.63) is 200 Å². The molecule has 258 valence electrons. The highest BCUT2D eigenvalue weighted by Crippen LogP contribution is 2.45. The summed E-state index contributed by atoms with van der Waals surface area (Å²) in [6, 6.07) is 72.2. The zero-order valence-corrected chi connectivity index (χ0v) is 30.6. The molecule has 2 aromatic heterocycles. The molecule has 0 spiro atoms. The summed E-state index contributed by atoms with van der Waals surface area (Å²) in [7, 11) is 0. The smallest absolute Gasteiger partial charge is 0.143 e. The van der Waals surface area contributed by atoms with Gasteiger partial charge in [0.2, 0.25) is 0 Å². The first-order chi connectivity index (χ1) is 27.2. The fourth-order valence-electron chi connectivity index (χ4n) is 8.19. The lowest BCUT2D eigenvalue weighted by atomic mass is 9.92. The largest absolute Gasteiger partial charge is 0.455 e. The summed E-state index contributed by atoms with van der Waals surface area (Å²) in [5.74, 6) is 0. The van der Waals surface area contributed by atoms with E-state index in [1.165, 1.54) is 42.1 Å². The number of hydrogen-bond acceptors (Lipinski definition) is 3. The first kappa shape index (κ1) is 31.6. The molecule has 0 aliphatic rings. The van der Waals surface area contributed by atoms with E-state index in [0.29, 0.717) is 0 Å². The fourth-order valence-corrected chi connectivity index (χ4v) is 9.28. The van der Waals surface area contributed by atoms with Crippen molar-refractivity contribution in [2.75, 3.05) is 4.90 Å². The molecule has 0 radical (unpaired) electrons. The van der Waals surface area contributed by atoms with E-state index in [4.69, 9.17) is 4.42 Å². The Kier molecular flexibility index (Phi) is 7.39. The van der Waals surface area contributed by atoms with Crippen molar-refractivity contribution in [2.45, 2.75) is 0 Å². The maximum atomic E-state index is 6.76. The number of para-hydroxylation sites is 1. The second-order valence-electron chi connectivity index (χ2n) is 14.1. The molecule has 0 aliphatic heterocycles. The molecule has 0 bridgehead atoms. The number of benzene rings is 9. The van der Waals surface area contributed by atoms with Crippen LogP contribution in [0.25, 0.3) is 86.3 Å². The van der Waals surface area contributed by atoms with Crippen LogP contribution in [0.2, 0.25) is 0 Å². The number of hydrogen-bond donors (Lipinski definition) is 0. The van der Waals surface area contributed by atoms with Gasteiger partial charge in [0.15, 0.2) is 0 Å². The minimum absolute atomic E-state index is 0.903. The molecule has 11 rings (SSSR count). The van der Waals surface area contributed by atoms with Crippen molar-refractivity contribution in [3.63, 3.8) is 0 Å². The molecule has 0 unspecified atom stereocenters. The van der Waals surface area contributed by atoms with Crippen molar-refractivity contribution >= 4 is 81.3 Å². The Hall–Kier alpha value is -6.94. The quantitative estimate of drug-likeness (QED) is 0.170. The summed E-state index contributed by atoms with van der Waals surface area (Å²) in [5, 5.41) is 7.20. The van der Waals surface area contributed by atoms with E-state index < -0.39 is 0 Å². The lowest BCUT2D eigenvalue weighted by molar-refractivity contribution is 0.670. The highest BCUT2D eigenvalue weighted by Gasteiger charge is 2.20. The Labute approximate surface area is 322 Å². The second kappa shape index (κ2) is 12.9. The van der Waals surface area contributed by atoms with Crippen molar-refractivity contribution in [2.24, 2.45) is 0 Å². The topological polar surface area (TPSA) is 16.4 Å². The zero-order chi connectivity index (χ0) is 36.3. The van der Waals surface area contributed by atoms with Crippen molar-refractivity contribution in [3.8, 4) is 33.4 Å². The Balaban J connectivity index is 1.12. The molecule has 55 heavy (non-hydrogen) atoms. The van der Waals surface area contributed by atoms with Gasteiger partial charge in [0.05, 0.1) is 0 Å². The highest BCUT2D eigenvalue weighted by atomic mass is 32.1. The van der Waals surface area contributed by atoms with Crippen LogP contribution in [-0.4, -0.2) is 0 Å². The average molecular weight is 720 g/mol. The van der Waals surface area contributed by atoms with Gasteiger partial charge in [-0.2, -0.15) is 0 Å². The van der Waals surface area contributed by atoms with Gasteiger partial charge in [-0.25, -0.2) is 0 Å². The Morgan fingerprint density at radius 3 is 1.78 bits per heavy atom. The van der Waals surface area contributed by atoms with E-state index in [1.807, 2.05) is 11.3 Å². The number of anilines is 3. The maximum absolute atomic E-state index is 6.76. The minimum atomic E-state index is 0.903. The van der Waals surface area contributed by atoms with Crippen LogP contribution >= 0.6 is 11.3 Å². The number of fused-ring (bicyclic) bond motifs is 7. The van der Waals surface area contributed by atoms with Gasteiger partial charge >= 0.3 is 0 Å². The molecule has 0 saturated heterocycles. The molecular formula is C52H33NOS. The van der Waals surface area contributed by atoms with Gasteiger partial charge < -0.3 is 9.32 Å². The van der Waals surface area contributed by atoms with E-state index in [0.717, 1.165) is 61.3 Å². The van der Waals surface area contributed by atoms with Gasteiger partial charge in [0, 0.05) is 53.6 Å². The Bertz CT molecular complexity index is 3190. The van der Waals surface area contributed by atoms with Crippen LogP contribution in [0.3, 0.4) is 0 Å². The van der Waals surface area contributed by atoms with Crippen LogP contribution in [0, 0.1) is 0 Å². The molecule has 11 aromatic rings. The Morgan fingerprint density at radius 1 is 0.345 bits per heavy atom. The average Bonchev–Trinajstić information content (AvgIpc) is 3.81. The van der Waals surface area contributed by atoms with E-state index in [2.05, 4.69) is 205 Å². The van der Waals surface area contributed by atoms with Crippen molar-refractivity contribution < 1.29 is 4.42 Å². The summed E-state index contributed by atoms with van der Waals surface area (Å²) in [4.78, 5) is 2.39. The van der Waals surface area contributed by atoms with Crippen LogP contribution < -0.4 is 4.90 Å². The molecule has 2 heterocycles. The predicted octanol–water partition coefficient (Wildman–Crippen LogP) is 15.6. The molecule has 0 amide bonds. The third-order valence-electron chi connectivity index (χ3n) is 10.9. The van der Waals surface area contributed by atoms with Gasteiger partial charge in [-0.15, -0.1) is 11.3 Å². The molecular weight excluding hydrogens is 687 g/mol. The van der Waals surface area contributed by atoms with E-state index in [1.54, 1.807) is 0 Å². The van der Waals surface area contributed by atoms with Crippen molar-refractivity contribution in [1.29, 1.82) is 0 Å². The van der Waals surface area contributed by atoms with Gasteiger partial charge in [0.25, 0.3) is 0 Å². The normalized spacial score (nSPS) is 11.6. The number of thiophene rings is 1. The summed E-state index contributed by atoms with van der Waals surface area (Å²) in [6.45, 7) is 0. The molecule has 2 nitrogen and oxygen atoms in total. The van der Waals surface area contributed by atoms with E-state index >= 15 is 0 Å². The van der Waals surface area contributed by atoms with Gasteiger partial charge in [0.1, 0.15) is 11.2 Å². The SMILES string of the molecule is c1ccc(-c2ccc(N(c3ccc(-c4cccc5c4oc4cc6ccccc6cc45)c(-c4ccccc4)c3)c3ccc4sc5ccccc5c4c3)cc2)cc1. The molecule has 0 saturated carbocycles. The standard InChI is InChI=1S/C52H33NOS/c1-3-12-34(13-4-1)35-22-24-39(25-23-35)53(41-27-29-51-48(33-41)43-18-9-10-21-50(43)55-51)40-26-28-42(46(32-40)36-14-5-2-6-15-36)44-19-11-20-45-47-30-37-16-7-8-17-38(37)31-49(47)54-52(44)45/h1-33H. The Morgan fingerprint density at radius 2 is 0.964 bits per heavy atom. The van der Waals surface area contributed by atoms with Crippen LogP contribution in [0.15, 0.2) is 205 Å². The van der Waals surface area contributed by atoms with E-state index in [9.17, 15) is 0 Å². The molecule has 0 fully saturated rings. The molecule has 9 aromatic carbocycles. The van der Waals surface area contributed by atoms with Crippen LogP contribution in [0.1, 0.15) is 0 Å². The molecule has 0 N–H and O–H groups in total. The first-order valence-corrected chi connectivity index (χ1v) is 19.5.